The Morgan fingerprint density at radius 1 is 1.14 bits per heavy atom. The molecular weight excluding hydrogens is 268 g/mol. The fraction of sp³-hybridized carbons (Fsp3) is 0.312. The van der Waals surface area contributed by atoms with E-state index in [1.54, 1.807) is 14.0 Å². The molecule has 5 heteroatoms. The van der Waals surface area contributed by atoms with Crippen LogP contribution in [0.25, 0.3) is 10.8 Å². The summed E-state index contributed by atoms with van der Waals surface area (Å²) in [4.78, 5) is 10.9. The summed E-state index contributed by atoms with van der Waals surface area (Å²) >= 11 is 0. The second-order valence-electron chi connectivity index (χ2n) is 4.61. The van der Waals surface area contributed by atoms with Crippen molar-refractivity contribution in [2.75, 3.05) is 20.2 Å². The third-order valence-corrected chi connectivity index (χ3v) is 3.11. The lowest BCUT2D eigenvalue weighted by molar-refractivity contribution is -0.138. The normalized spacial score (nSPS) is 11.4. The molecule has 1 atom stereocenters. The highest BCUT2D eigenvalue weighted by Crippen LogP contribution is 2.25. The monoisotopic (exact) mass is 290 g/mol. The van der Waals surface area contributed by atoms with Crippen molar-refractivity contribution in [1.82, 2.24) is 0 Å². The van der Waals surface area contributed by atoms with Gasteiger partial charge in [0.15, 0.2) is 0 Å². The van der Waals surface area contributed by atoms with E-state index in [4.69, 9.17) is 21.3 Å². The lowest BCUT2D eigenvalue weighted by Crippen LogP contribution is -2.11. The summed E-state index contributed by atoms with van der Waals surface area (Å²) in [6.07, 6.45) is 0. The van der Waals surface area contributed by atoms with Crippen molar-refractivity contribution in [1.29, 1.82) is 0 Å². The lowest BCUT2D eigenvalue weighted by atomic mass is 9.98. The number of ether oxygens (including phenoxy) is 1. The number of nitrogens with two attached hydrogens (primary N) is 2. The maximum atomic E-state index is 10.9. The molecule has 21 heavy (non-hydrogen) atoms. The number of benzene rings is 2. The van der Waals surface area contributed by atoms with Crippen molar-refractivity contribution < 1.29 is 14.6 Å². The highest BCUT2D eigenvalue weighted by Gasteiger charge is 2.13. The van der Waals surface area contributed by atoms with Gasteiger partial charge in [0.2, 0.25) is 0 Å². The van der Waals surface area contributed by atoms with Crippen LogP contribution in [0.3, 0.4) is 0 Å². The topological polar surface area (TPSA) is 98.6 Å². The molecule has 114 valence electrons. The molecule has 2 aromatic rings. The van der Waals surface area contributed by atoms with Crippen molar-refractivity contribution in [2.45, 2.75) is 12.8 Å². The molecule has 2 aromatic carbocycles. The van der Waals surface area contributed by atoms with Gasteiger partial charge in [-0.1, -0.05) is 24.3 Å². The van der Waals surface area contributed by atoms with Crippen LogP contribution in [0.1, 0.15) is 18.4 Å². The average molecular weight is 290 g/mol. The molecule has 0 fully saturated rings. The molecule has 0 saturated heterocycles. The summed E-state index contributed by atoms with van der Waals surface area (Å²) in [5.41, 5.74) is 10.6. The van der Waals surface area contributed by atoms with Gasteiger partial charge >= 0.3 is 5.97 Å². The van der Waals surface area contributed by atoms with Crippen LogP contribution in [0.4, 0.5) is 0 Å². The Kier molecular flexibility index (Phi) is 6.65. The van der Waals surface area contributed by atoms with Crippen molar-refractivity contribution in [3.8, 4) is 5.75 Å². The van der Waals surface area contributed by atoms with E-state index in [1.807, 2.05) is 36.4 Å². The molecule has 5 nitrogen and oxygen atoms in total. The van der Waals surface area contributed by atoms with Gasteiger partial charge in [0.05, 0.1) is 13.0 Å². The number of carbonyl (C=O) groups is 1. The Morgan fingerprint density at radius 3 is 2.24 bits per heavy atom. The second kappa shape index (κ2) is 8.24. The molecule has 0 aromatic heterocycles. The maximum absolute atomic E-state index is 10.9. The predicted molar refractivity (Wildman–Crippen MR) is 84.7 cm³/mol. The summed E-state index contributed by atoms with van der Waals surface area (Å²) in [5, 5.41) is 11.0. The highest BCUT2D eigenvalue weighted by atomic mass is 16.5. The molecule has 0 saturated carbocycles. The molecule has 0 amide bonds. The van der Waals surface area contributed by atoms with Crippen LogP contribution >= 0.6 is 0 Å². The van der Waals surface area contributed by atoms with Crippen molar-refractivity contribution >= 4 is 16.7 Å². The molecule has 0 heterocycles. The number of hydrogen-bond donors (Lipinski definition) is 3. The number of carboxylic acid groups (broad SMARTS) is 1. The van der Waals surface area contributed by atoms with E-state index >= 15 is 0 Å². The van der Waals surface area contributed by atoms with E-state index in [-0.39, 0.29) is 0 Å². The van der Waals surface area contributed by atoms with Crippen LogP contribution < -0.4 is 16.2 Å². The molecule has 2 rings (SSSR count). The summed E-state index contributed by atoms with van der Waals surface area (Å²) < 4.78 is 5.14. The van der Waals surface area contributed by atoms with Gasteiger partial charge in [-0.15, -0.1) is 0 Å². The Hall–Kier alpha value is -2.11. The average Bonchev–Trinajstić information content (AvgIpc) is 2.53. The van der Waals surface area contributed by atoms with Crippen molar-refractivity contribution in [3.63, 3.8) is 0 Å². The van der Waals surface area contributed by atoms with E-state index in [0.717, 1.165) is 22.1 Å². The number of fused-ring (bicyclic) bond motifs is 1. The Balaban J connectivity index is 0.000000491. The number of rotatable bonds is 4. The van der Waals surface area contributed by atoms with Crippen molar-refractivity contribution in [3.05, 3.63) is 42.0 Å². The van der Waals surface area contributed by atoms with Crippen molar-refractivity contribution in [2.24, 2.45) is 11.5 Å². The molecule has 0 unspecified atom stereocenters. The first kappa shape index (κ1) is 16.9. The minimum Gasteiger partial charge on any atom is -0.497 e. The molecule has 0 bridgehead atoms. The van der Waals surface area contributed by atoms with Crippen LogP contribution in [0.2, 0.25) is 0 Å². The number of methoxy groups -OCH3 is 1. The minimum atomic E-state index is -0.808. The lowest BCUT2D eigenvalue weighted by Gasteiger charge is -2.08. The molecule has 0 aliphatic rings. The van der Waals surface area contributed by atoms with Gasteiger partial charge in [0.25, 0.3) is 0 Å². The van der Waals surface area contributed by atoms with Gasteiger partial charge in [0, 0.05) is 13.1 Å². The fourth-order valence-electron chi connectivity index (χ4n) is 1.78. The SMILES string of the molecule is COc1ccc2cc([C@H](C)C(=O)O)ccc2c1.NCCN. The minimum absolute atomic E-state index is 0.485. The first-order chi connectivity index (χ1) is 10.0. The van der Waals surface area contributed by atoms with Gasteiger partial charge in [-0.3, -0.25) is 4.79 Å². The summed E-state index contributed by atoms with van der Waals surface area (Å²) in [7, 11) is 1.63. The highest BCUT2D eigenvalue weighted by molar-refractivity contribution is 5.86. The van der Waals surface area contributed by atoms with E-state index in [0.29, 0.717) is 13.1 Å². The predicted octanol–water partition coefficient (Wildman–Crippen LogP) is 1.94. The zero-order chi connectivity index (χ0) is 15.8. The Labute approximate surface area is 124 Å². The van der Waals surface area contributed by atoms with E-state index in [9.17, 15) is 4.79 Å². The summed E-state index contributed by atoms with van der Waals surface area (Å²) in [6.45, 7) is 2.88. The van der Waals surface area contributed by atoms with Crippen LogP contribution in [-0.4, -0.2) is 31.3 Å². The molecule has 0 aliphatic heterocycles. The smallest absolute Gasteiger partial charge is 0.310 e. The van der Waals surface area contributed by atoms with E-state index < -0.39 is 11.9 Å². The first-order valence-electron chi connectivity index (χ1n) is 6.74. The number of carboxylic acids is 1. The quantitative estimate of drug-likeness (QED) is 0.799. The molecular formula is C16H22N2O3. The summed E-state index contributed by atoms with van der Waals surface area (Å²) in [6, 6.07) is 11.4. The summed E-state index contributed by atoms with van der Waals surface area (Å²) in [5.74, 6) is -0.490. The standard InChI is InChI=1S/C14H14O3.C2H8N2/c1-9(14(15)16)10-3-4-12-8-13(17-2)6-5-11(12)7-10;3-1-2-4/h3-9H,1-2H3,(H,15,16);1-4H2/t9-;/m0./s1. The van der Waals surface area contributed by atoms with Gasteiger partial charge < -0.3 is 21.3 Å². The molecule has 0 aliphatic carbocycles. The first-order valence-corrected chi connectivity index (χ1v) is 6.74. The van der Waals surface area contributed by atoms with E-state index in [1.165, 1.54) is 0 Å². The Morgan fingerprint density at radius 2 is 1.71 bits per heavy atom. The van der Waals surface area contributed by atoms with Gasteiger partial charge in [-0.05, 0) is 35.4 Å². The number of hydrogen-bond acceptors (Lipinski definition) is 4. The second-order valence-corrected chi connectivity index (χ2v) is 4.61. The molecule has 0 spiro atoms. The van der Waals surface area contributed by atoms with Gasteiger partial charge in [0.1, 0.15) is 5.75 Å². The van der Waals surface area contributed by atoms with Gasteiger partial charge in [-0.2, -0.15) is 0 Å². The third kappa shape index (κ3) is 4.73. The van der Waals surface area contributed by atoms with Crippen LogP contribution in [-0.2, 0) is 4.79 Å². The maximum Gasteiger partial charge on any atom is 0.310 e. The fourth-order valence-corrected chi connectivity index (χ4v) is 1.78. The third-order valence-electron chi connectivity index (χ3n) is 3.11. The molecule has 0 radical (unpaired) electrons. The number of aliphatic carboxylic acids is 1. The van der Waals surface area contributed by atoms with Gasteiger partial charge in [-0.25, -0.2) is 0 Å². The molecule has 5 N–H and O–H groups in total. The van der Waals surface area contributed by atoms with Crippen LogP contribution in [0.15, 0.2) is 36.4 Å². The zero-order valence-electron chi connectivity index (χ0n) is 12.4. The van der Waals surface area contributed by atoms with Crippen LogP contribution in [0, 0.1) is 0 Å². The van der Waals surface area contributed by atoms with Crippen LogP contribution in [0.5, 0.6) is 5.75 Å². The Bertz CT molecular complexity index is 597. The largest absolute Gasteiger partial charge is 0.497 e. The van der Waals surface area contributed by atoms with E-state index in [2.05, 4.69) is 0 Å². The zero-order valence-corrected chi connectivity index (χ0v) is 12.4.